The van der Waals surface area contributed by atoms with E-state index in [-0.39, 0.29) is 24.6 Å². The zero-order valence-electron chi connectivity index (χ0n) is 15.4. The maximum atomic E-state index is 12.9. The molecular weight excluding hydrogens is 387 g/mol. The summed E-state index contributed by atoms with van der Waals surface area (Å²) in [7, 11) is 0. The highest BCUT2D eigenvalue weighted by atomic mass is 19.4. The molecule has 9 heteroatoms. The van der Waals surface area contributed by atoms with Gasteiger partial charge in [-0.1, -0.05) is 6.07 Å². The number of hydrogen-bond donors (Lipinski definition) is 2. The van der Waals surface area contributed by atoms with E-state index in [1.165, 1.54) is 24.0 Å². The second-order valence-corrected chi connectivity index (χ2v) is 6.70. The van der Waals surface area contributed by atoms with E-state index in [0.717, 1.165) is 12.1 Å². The van der Waals surface area contributed by atoms with Gasteiger partial charge in [-0.25, -0.2) is 0 Å². The van der Waals surface area contributed by atoms with Gasteiger partial charge in [-0.05, 0) is 42.5 Å². The molecule has 0 aliphatic carbocycles. The number of carbonyl (C=O) groups is 3. The van der Waals surface area contributed by atoms with Crippen molar-refractivity contribution in [3.05, 3.63) is 54.1 Å². The standard InChI is InChI=1S/C20H18F3N3O3/c1-12(27)24-15-5-7-16(8-6-15)25-19(29)13-9-18(28)26(11-13)17-4-2-3-14(10-17)20(21,22)23/h2-8,10,13H,9,11H2,1H3,(H,24,27)(H,25,29)/t13-/m0/s1. The minimum Gasteiger partial charge on any atom is -0.326 e. The van der Waals surface area contributed by atoms with Crippen LogP contribution >= 0.6 is 0 Å². The van der Waals surface area contributed by atoms with Gasteiger partial charge in [0.05, 0.1) is 11.5 Å². The Balaban J connectivity index is 1.67. The summed E-state index contributed by atoms with van der Waals surface area (Å²) >= 11 is 0. The summed E-state index contributed by atoms with van der Waals surface area (Å²) in [5, 5.41) is 5.28. The topological polar surface area (TPSA) is 78.5 Å². The first-order chi connectivity index (χ1) is 13.6. The van der Waals surface area contributed by atoms with Crippen LogP contribution in [0.25, 0.3) is 0 Å². The van der Waals surface area contributed by atoms with Crippen LogP contribution in [0.1, 0.15) is 18.9 Å². The van der Waals surface area contributed by atoms with Crippen LogP contribution in [0, 0.1) is 5.92 Å². The van der Waals surface area contributed by atoms with Gasteiger partial charge in [0.25, 0.3) is 0 Å². The first kappa shape index (κ1) is 20.4. The first-order valence-corrected chi connectivity index (χ1v) is 8.79. The van der Waals surface area contributed by atoms with Gasteiger partial charge in [0.2, 0.25) is 17.7 Å². The van der Waals surface area contributed by atoms with Crippen LogP contribution in [0.5, 0.6) is 0 Å². The number of anilines is 3. The van der Waals surface area contributed by atoms with E-state index in [2.05, 4.69) is 10.6 Å². The van der Waals surface area contributed by atoms with Gasteiger partial charge in [0, 0.05) is 37.0 Å². The summed E-state index contributed by atoms with van der Waals surface area (Å²) < 4.78 is 38.7. The number of benzene rings is 2. The Hall–Kier alpha value is -3.36. The third kappa shape index (κ3) is 4.92. The lowest BCUT2D eigenvalue weighted by molar-refractivity contribution is -0.137. The normalized spacial score (nSPS) is 16.6. The highest BCUT2D eigenvalue weighted by molar-refractivity contribution is 6.03. The number of alkyl halides is 3. The minimum absolute atomic E-state index is 0.00402. The van der Waals surface area contributed by atoms with Gasteiger partial charge < -0.3 is 15.5 Å². The van der Waals surface area contributed by atoms with Gasteiger partial charge >= 0.3 is 6.18 Å². The fourth-order valence-electron chi connectivity index (χ4n) is 3.07. The number of amides is 3. The van der Waals surface area contributed by atoms with Crippen LogP contribution in [0.3, 0.4) is 0 Å². The van der Waals surface area contributed by atoms with Crippen LogP contribution in [-0.2, 0) is 20.6 Å². The van der Waals surface area contributed by atoms with E-state index < -0.39 is 29.5 Å². The Morgan fingerprint density at radius 1 is 1.03 bits per heavy atom. The van der Waals surface area contributed by atoms with Gasteiger partial charge in [0.15, 0.2) is 0 Å². The molecule has 1 aliphatic heterocycles. The molecule has 29 heavy (non-hydrogen) atoms. The number of hydrogen-bond acceptors (Lipinski definition) is 3. The summed E-state index contributed by atoms with van der Waals surface area (Å²) in [5.41, 5.74) is 0.311. The van der Waals surface area contributed by atoms with Crippen molar-refractivity contribution in [2.24, 2.45) is 5.92 Å². The summed E-state index contributed by atoms with van der Waals surface area (Å²) in [6.07, 6.45) is -4.61. The van der Waals surface area contributed by atoms with Gasteiger partial charge in [0.1, 0.15) is 0 Å². The molecule has 2 N–H and O–H groups in total. The Labute approximate surface area is 164 Å². The molecule has 2 aromatic carbocycles. The van der Waals surface area contributed by atoms with Crippen molar-refractivity contribution in [1.82, 2.24) is 0 Å². The van der Waals surface area contributed by atoms with Gasteiger partial charge in [-0.3, -0.25) is 14.4 Å². The second kappa shape index (κ2) is 7.94. The lowest BCUT2D eigenvalue weighted by Crippen LogP contribution is -2.28. The molecule has 2 aromatic rings. The maximum absolute atomic E-state index is 12.9. The Morgan fingerprint density at radius 2 is 1.66 bits per heavy atom. The molecule has 1 aliphatic rings. The molecule has 1 heterocycles. The molecular formula is C20H18F3N3O3. The molecule has 0 spiro atoms. The van der Waals surface area contributed by atoms with Crippen LogP contribution < -0.4 is 15.5 Å². The Bertz CT molecular complexity index is 942. The maximum Gasteiger partial charge on any atom is 0.416 e. The molecule has 1 atom stereocenters. The third-order valence-electron chi connectivity index (χ3n) is 4.45. The van der Waals surface area contributed by atoms with Crippen LogP contribution in [0.2, 0.25) is 0 Å². The van der Waals surface area contributed by atoms with E-state index in [0.29, 0.717) is 11.4 Å². The quantitative estimate of drug-likeness (QED) is 0.815. The van der Waals surface area contributed by atoms with E-state index in [9.17, 15) is 27.6 Å². The lowest BCUT2D eigenvalue weighted by Gasteiger charge is -2.18. The number of carbonyl (C=O) groups excluding carboxylic acids is 3. The molecule has 3 amide bonds. The second-order valence-electron chi connectivity index (χ2n) is 6.70. The number of nitrogens with zero attached hydrogens (tertiary/aromatic N) is 1. The van der Waals surface area contributed by atoms with Crippen molar-refractivity contribution < 1.29 is 27.6 Å². The zero-order chi connectivity index (χ0) is 21.2. The average Bonchev–Trinajstić information content (AvgIpc) is 3.04. The lowest BCUT2D eigenvalue weighted by atomic mass is 10.1. The molecule has 152 valence electrons. The number of rotatable bonds is 4. The van der Waals surface area contributed by atoms with Gasteiger partial charge in [-0.2, -0.15) is 13.2 Å². The molecule has 1 fully saturated rings. The Morgan fingerprint density at radius 3 is 2.24 bits per heavy atom. The van der Waals surface area contributed by atoms with Crippen molar-refractivity contribution in [1.29, 1.82) is 0 Å². The van der Waals surface area contributed by atoms with Gasteiger partial charge in [-0.15, -0.1) is 0 Å². The van der Waals surface area contributed by atoms with E-state index in [1.807, 2.05) is 0 Å². The summed E-state index contributed by atoms with van der Waals surface area (Å²) in [6, 6.07) is 10.9. The predicted octanol–water partition coefficient (Wildman–Crippen LogP) is 3.66. The number of nitrogens with one attached hydrogen (secondary N) is 2. The van der Waals surface area contributed by atoms with Crippen molar-refractivity contribution in [3.8, 4) is 0 Å². The molecule has 0 saturated carbocycles. The molecule has 0 radical (unpaired) electrons. The summed E-state index contributed by atoms with van der Waals surface area (Å²) in [5.74, 6) is -1.72. The smallest absolute Gasteiger partial charge is 0.326 e. The first-order valence-electron chi connectivity index (χ1n) is 8.79. The van der Waals surface area contributed by atoms with Crippen molar-refractivity contribution in [2.45, 2.75) is 19.5 Å². The van der Waals surface area contributed by atoms with E-state index in [4.69, 9.17) is 0 Å². The van der Waals surface area contributed by atoms with Crippen LogP contribution in [0.15, 0.2) is 48.5 Å². The largest absolute Gasteiger partial charge is 0.416 e. The minimum atomic E-state index is -4.51. The van der Waals surface area contributed by atoms with Crippen molar-refractivity contribution in [3.63, 3.8) is 0 Å². The highest BCUT2D eigenvalue weighted by Gasteiger charge is 2.37. The van der Waals surface area contributed by atoms with Crippen molar-refractivity contribution >= 4 is 34.8 Å². The molecule has 0 unspecified atom stereocenters. The molecule has 3 rings (SSSR count). The summed E-state index contributed by atoms with van der Waals surface area (Å²) in [6.45, 7) is 1.37. The molecule has 6 nitrogen and oxygen atoms in total. The molecule has 0 aromatic heterocycles. The summed E-state index contributed by atoms with van der Waals surface area (Å²) in [4.78, 5) is 37.0. The highest BCUT2D eigenvalue weighted by Crippen LogP contribution is 2.33. The zero-order valence-corrected chi connectivity index (χ0v) is 15.4. The van der Waals surface area contributed by atoms with E-state index in [1.54, 1.807) is 24.3 Å². The molecule has 0 bridgehead atoms. The fourth-order valence-corrected chi connectivity index (χ4v) is 3.07. The van der Waals surface area contributed by atoms with Crippen LogP contribution in [-0.4, -0.2) is 24.3 Å². The molecule has 1 saturated heterocycles. The SMILES string of the molecule is CC(=O)Nc1ccc(NC(=O)[C@H]2CC(=O)N(c3cccc(C(F)(F)F)c3)C2)cc1. The van der Waals surface area contributed by atoms with E-state index >= 15 is 0 Å². The van der Waals surface area contributed by atoms with Crippen molar-refractivity contribution in [2.75, 3.05) is 22.1 Å². The third-order valence-corrected chi connectivity index (χ3v) is 4.45. The van der Waals surface area contributed by atoms with Crippen LogP contribution in [0.4, 0.5) is 30.2 Å². The number of halogens is 3. The average molecular weight is 405 g/mol. The predicted molar refractivity (Wildman–Crippen MR) is 101 cm³/mol. The fraction of sp³-hybridized carbons (Fsp3) is 0.250. The Kier molecular flexibility index (Phi) is 5.58. The monoisotopic (exact) mass is 405 g/mol.